The second kappa shape index (κ2) is 10.8. The molecule has 3 fully saturated rings. The van der Waals surface area contributed by atoms with E-state index in [-0.39, 0.29) is 29.9 Å². The van der Waals surface area contributed by atoms with Crippen molar-refractivity contribution in [1.82, 2.24) is 15.1 Å². The molecule has 2 atom stereocenters. The number of fused-ring (bicyclic) bond motifs is 5. The Morgan fingerprint density at radius 2 is 1.62 bits per heavy atom. The highest BCUT2D eigenvalue weighted by Crippen LogP contribution is 2.30. The van der Waals surface area contributed by atoms with Gasteiger partial charge in [-0.15, -0.1) is 0 Å². The standard InChI is InChI=1S/C29H35N3O5/c33-28-18-31(23-7-8-23)15-20-3-1-5-24(13-20)37-25-6-2-4-21(14-25)19-36-27-17-32(16-26(27)30-28)29(34)22-9-11-35-12-10-22/h1-6,13-14,22-23,26-27H,7-12,15-19H2,(H,30,33)/t26-,27-/m0/s1. The van der Waals surface area contributed by atoms with Crippen LogP contribution in [0.2, 0.25) is 0 Å². The van der Waals surface area contributed by atoms with E-state index >= 15 is 0 Å². The third-order valence-corrected chi connectivity index (χ3v) is 7.79. The molecule has 4 aliphatic rings. The summed E-state index contributed by atoms with van der Waals surface area (Å²) in [6.45, 7) is 3.60. The molecule has 2 saturated heterocycles. The van der Waals surface area contributed by atoms with Crippen LogP contribution < -0.4 is 10.1 Å². The lowest BCUT2D eigenvalue weighted by atomic mass is 9.99. The van der Waals surface area contributed by atoms with E-state index in [9.17, 15) is 9.59 Å². The molecule has 1 N–H and O–H groups in total. The number of nitrogens with one attached hydrogen (secondary N) is 1. The van der Waals surface area contributed by atoms with Gasteiger partial charge in [0, 0.05) is 44.8 Å². The lowest BCUT2D eigenvalue weighted by Crippen LogP contribution is -2.48. The maximum absolute atomic E-state index is 13.3. The van der Waals surface area contributed by atoms with Crippen molar-refractivity contribution in [3.63, 3.8) is 0 Å². The summed E-state index contributed by atoms with van der Waals surface area (Å²) in [6, 6.07) is 16.2. The molecule has 0 spiro atoms. The fraction of sp³-hybridized carbons (Fsp3) is 0.517. The molecule has 6 rings (SSSR count). The average molecular weight is 506 g/mol. The van der Waals surface area contributed by atoms with Crippen LogP contribution in [0.5, 0.6) is 11.5 Å². The first-order chi connectivity index (χ1) is 18.1. The van der Waals surface area contributed by atoms with Crippen molar-refractivity contribution in [2.75, 3.05) is 32.8 Å². The van der Waals surface area contributed by atoms with Gasteiger partial charge in [0.15, 0.2) is 0 Å². The fourth-order valence-corrected chi connectivity index (χ4v) is 5.63. The van der Waals surface area contributed by atoms with E-state index in [1.807, 2.05) is 41.3 Å². The van der Waals surface area contributed by atoms with Crippen molar-refractivity contribution in [1.29, 1.82) is 0 Å². The number of rotatable bonds is 2. The van der Waals surface area contributed by atoms with Gasteiger partial charge in [-0.2, -0.15) is 0 Å². The van der Waals surface area contributed by atoms with E-state index in [1.165, 1.54) is 0 Å². The smallest absolute Gasteiger partial charge is 0.234 e. The predicted molar refractivity (Wildman–Crippen MR) is 137 cm³/mol. The minimum absolute atomic E-state index is 0.0142. The Labute approximate surface area is 217 Å². The molecule has 1 aliphatic carbocycles. The molecule has 0 unspecified atom stereocenters. The highest BCUT2D eigenvalue weighted by Gasteiger charge is 2.40. The molecule has 4 bridgehead atoms. The number of carbonyl (C=O) groups is 2. The summed E-state index contributed by atoms with van der Waals surface area (Å²) in [7, 11) is 0. The van der Waals surface area contributed by atoms with Crippen molar-refractivity contribution in [2.45, 2.75) is 57.0 Å². The van der Waals surface area contributed by atoms with Crippen LogP contribution in [-0.4, -0.2) is 72.6 Å². The van der Waals surface area contributed by atoms with Crippen LogP contribution in [0, 0.1) is 5.92 Å². The highest BCUT2D eigenvalue weighted by molar-refractivity contribution is 5.81. The van der Waals surface area contributed by atoms with Crippen LogP contribution in [0.25, 0.3) is 0 Å². The molecule has 3 heterocycles. The van der Waals surface area contributed by atoms with Crippen LogP contribution >= 0.6 is 0 Å². The van der Waals surface area contributed by atoms with Crippen LogP contribution in [0.15, 0.2) is 48.5 Å². The summed E-state index contributed by atoms with van der Waals surface area (Å²) < 4.78 is 18.0. The molecule has 2 amide bonds. The van der Waals surface area contributed by atoms with Crippen LogP contribution in [-0.2, 0) is 32.2 Å². The number of benzene rings is 2. The largest absolute Gasteiger partial charge is 0.457 e. The zero-order valence-corrected chi connectivity index (χ0v) is 21.1. The van der Waals surface area contributed by atoms with Gasteiger partial charge in [-0.1, -0.05) is 24.3 Å². The predicted octanol–water partition coefficient (Wildman–Crippen LogP) is 3.10. The third-order valence-electron chi connectivity index (χ3n) is 7.79. The van der Waals surface area contributed by atoms with Gasteiger partial charge in [0.2, 0.25) is 11.8 Å². The van der Waals surface area contributed by atoms with Crippen molar-refractivity contribution in [3.05, 3.63) is 59.7 Å². The first kappa shape index (κ1) is 24.4. The molecule has 37 heavy (non-hydrogen) atoms. The third kappa shape index (κ3) is 5.98. The number of likely N-dealkylation sites (tertiary alicyclic amines) is 1. The van der Waals surface area contributed by atoms with Crippen LogP contribution in [0.1, 0.15) is 36.8 Å². The second-order valence-electron chi connectivity index (χ2n) is 10.7. The number of carbonyl (C=O) groups excluding carboxylic acids is 2. The van der Waals surface area contributed by atoms with E-state index < -0.39 is 0 Å². The van der Waals surface area contributed by atoms with E-state index in [0.29, 0.717) is 52.0 Å². The van der Waals surface area contributed by atoms with Crippen molar-refractivity contribution < 1.29 is 23.8 Å². The molecule has 3 aliphatic heterocycles. The molecule has 196 valence electrons. The Morgan fingerprint density at radius 1 is 0.892 bits per heavy atom. The highest BCUT2D eigenvalue weighted by atomic mass is 16.5. The van der Waals surface area contributed by atoms with Gasteiger partial charge in [-0.25, -0.2) is 0 Å². The quantitative estimate of drug-likeness (QED) is 0.676. The van der Waals surface area contributed by atoms with E-state index in [4.69, 9.17) is 14.2 Å². The number of amides is 2. The Balaban J connectivity index is 1.24. The summed E-state index contributed by atoms with van der Waals surface area (Å²) in [4.78, 5) is 30.6. The van der Waals surface area contributed by atoms with Crippen molar-refractivity contribution in [2.24, 2.45) is 5.92 Å². The zero-order valence-electron chi connectivity index (χ0n) is 21.1. The molecular weight excluding hydrogens is 470 g/mol. The molecule has 1 saturated carbocycles. The summed E-state index contributed by atoms with van der Waals surface area (Å²) in [6.07, 6.45) is 3.45. The molecule has 2 aromatic rings. The van der Waals surface area contributed by atoms with Crippen LogP contribution in [0.3, 0.4) is 0 Å². The normalized spacial score (nSPS) is 25.7. The number of hydrogen-bond donors (Lipinski definition) is 1. The summed E-state index contributed by atoms with van der Waals surface area (Å²) in [5, 5.41) is 3.23. The Morgan fingerprint density at radius 3 is 2.38 bits per heavy atom. The van der Waals surface area contributed by atoms with Crippen molar-refractivity contribution >= 4 is 11.8 Å². The maximum Gasteiger partial charge on any atom is 0.234 e. The summed E-state index contributed by atoms with van der Waals surface area (Å²) >= 11 is 0. The van der Waals surface area contributed by atoms with Gasteiger partial charge < -0.3 is 24.4 Å². The van der Waals surface area contributed by atoms with Gasteiger partial charge in [0.1, 0.15) is 11.5 Å². The van der Waals surface area contributed by atoms with E-state index in [0.717, 1.165) is 48.3 Å². The van der Waals surface area contributed by atoms with Gasteiger partial charge >= 0.3 is 0 Å². The molecule has 0 radical (unpaired) electrons. The minimum atomic E-state index is -0.271. The minimum Gasteiger partial charge on any atom is -0.457 e. The second-order valence-corrected chi connectivity index (χ2v) is 10.7. The molecule has 2 aromatic carbocycles. The number of nitrogens with zero attached hydrogens (tertiary/aromatic N) is 2. The zero-order chi connectivity index (χ0) is 25.2. The lowest BCUT2D eigenvalue weighted by Gasteiger charge is -2.26. The molecular formula is C29H35N3O5. The average Bonchev–Trinajstić information content (AvgIpc) is 3.68. The molecule has 8 heteroatoms. The number of hydrogen-bond acceptors (Lipinski definition) is 6. The topological polar surface area (TPSA) is 80.3 Å². The Hall–Kier alpha value is -2.94. The SMILES string of the molecule is O=C1CN(C2CC2)Cc2cccc(c2)Oc2cccc(c2)CO[C@H]2CN(C(=O)C3CCOCC3)C[C@@H]2N1. The van der Waals surface area contributed by atoms with Gasteiger partial charge in [0.05, 0.1) is 25.3 Å². The Bertz CT molecular complexity index is 1130. The van der Waals surface area contributed by atoms with Crippen LogP contribution in [0.4, 0.5) is 0 Å². The first-order valence-electron chi connectivity index (χ1n) is 13.5. The fourth-order valence-electron chi connectivity index (χ4n) is 5.63. The number of ether oxygens (including phenoxy) is 3. The lowest BCUT2D eigenvalue weighted by molar-refractivity contribution is -0.138. The molecule has 0 aromatic heterocycles. The summed E-state index contributed by atoms with van der Waals surface area (Å²) in [5.41, 5.74) is 2.11. The maximum atomic E-state index is 13.3. The van der Waals surface area contributed by atoms with E-state index in [1.54, 1.807) is 0 Å². The Kier molecular flexibility index (Phi) is 7.13. The van der Waals surface area contributed by atoms with Gasteiger partial charge in [-0.05, 0) is 61.1 Å². The summed E-state index contributed by atoms with van der Waals surface area (Å²) in [5.74, 6) is 1.65. The van der Waals surface area contributed by atoms with Crippen molar-refractivity contribution in [3.8, 4) is 11.5 Å². The first-order valence-corrected chi connectivity index (χ1v) is 13.5. The van der Waals surface area contributed by atoms with Gasteiger partial charge in [-0.3, -0.25) is 14.5 Å². The molecule has 8 nitrogen and oxygen atoms in total. The van der Waals surface area contributed by atoms with Gasteiger partial charge in [0.25, 0.3) is 0 Å². The van der Waals surface area contributed by atoms with E-state index in [2.05, 4.69) is 22.3 Å². The monoisotopic (exact) mass is 505 g/mol.